The van der Waals surface area contributed by atoms with Gasteiger partial charge in [-0.05, 0) is 24.6 Å². The lowest BCUT2D eigenvalue weighted by Gasteiger charge is -2.26. The lowest BCUT2D eigenvalue weighted by atomic mass is 9.99. The Morgan fingerprint density at radius 3 is 2.32 bits per heavy atom. The summed E-state index contributed by atoms with van der Waals surface area (Å²) >= 11 is 0. The molecule has 1 amide bonds. The molecule has 0 unspecified atom stereocenters. The van der Waals surface area contributed by atoms with E-state index in [2.05, 4.69) is 22.3 Å². The fraction of sp³-hybridized carbons (Fsp3) is 0.111. The van der Waals surface area contributed by atoms with Gasteiger partial charge < -0.3 is 0 Å². The van der Waals surface area contributed by atoms with Crippen LogP contribution in [0, 0.1) is 6.92 Å². The summed E-state index contributed by atoms with van der Waals surface area (Å²) in [5, 5.41) is 7.16. The summed E-state index contributed by atoms with van der Waals surface area (Å²) in [6.07, 6.45) is 0. The van der Waals surface area contributed by atoms with Crippen LogP contribution in [-0.2, 0) is 0 Å². The van der Waals surface area contributed by atoms with Gasteiger partial charge in [-0.2, -0.15) is 5.10 Å². The Morgan fingerprint density at radius 1 is 1.00 bits per heavy atom. The van der Waals surface area contributed by atoms with Crippen LogP contribution in [0.4, 0.5) is 5.69 Å². The number of hydrogen-bond donors (Lipinski definition) is 1. The monoisotopic (exact) mass is 289 g/mol. The molecule has 1 aromatic heterocycles. The van der Waals surface area contributed by atoms with Gasteiger partial charge in [-0.25, -0.2) is 0 Å². The van der Waals surface area contributed by atoms with Gasteiger partial charge in [-0.3, -0.25) is 14.8 Å². The Morgan fingerprint density at radius 2 is 1.64 bits per heavy atom. The van der Waals surface area contributed by atoms with Crippen LogP contribution in [0.3, 0.4) is 0 Å². The zero-order valence-corrected chi connectivity index (χ0v) is 12.2. The molecular weight excluding hydrogens is 274 g/mol. The van der Waals surface area contributed by atoms with Crippen molar-refractivity contribution < 1.29 is 4.79 Å². The van der Waals surface area contributed by atoms with Crippen molar-refractivity contribution in [3.63, 3.8) is 0 Å². The molecule has 3 aromatic rings. The average molecular weight is 289 g/mol. The first-order valence-electron chi connectivity index (χ1n) is 7.26. The standard InChI is InChI=1S/C18H15N3O/c1-12-15-16(20-19-12)18(22)21(14-10-6-3-7-11-14)17(15)13-8-4-2-5-9-13/h2-11,17H,1H3,(H,19,20)/t17-/m1/s1. The van der Waals surface area contributed by atoms with E-state index in [0.717, 1.165) is 22.5 Å². The number of carbonyl (C=O) groups excluding carboxylic acids is 1. The number of fused-ring (bicyclic) bond motifs is 1. The third kappa shape index (κ3) is 1.77. The molecule has 4 rings (SSSR count). The summed E-state index contributed by atoms with van der Waals surface area (Å²) in [5.74, 6) is -0.0561. The average Bonchev–Trinajstić information content (AvgIpc) is 3.08. The summed E-state index contributed by atoms with van der Waals surface area (Å²) in [7, 11) is 0. The van der Waals surface area contributed by atoms with E-state index < -0.39 is 0 Å². The van der Waals surface area contributed by atoms with E-state index in [4.69, 9.17) is 0 Å². The molecule has 0 saturated carbocycles. The van der Waals surface area contributed by atoms with Crippen molar-refractivity contribution in [3.05, 3.63) is 83.2 Å². The van der Waals surface area contributed by atoms with E-state index in [-0.39, 0.29) is 11.9 Å². The zero-order chi connectivity index (χ0) is 15.1. The molecule has 0 radical (unpaired) electrons. The Hall–Kier alpha value is -2.88. The fourth-order valence-corrected chi connectivity index (χ4v) is 3.10. The highest BCUT2D eigenvalue weighted by atomic mass is 16.2. The molecule has 0 bridgehead atoms. The Balaban J connectivity index is 1.93. The first kappa shape index (κ1) is 12.8. The van der Waals surface area contributed by atoms with Crippen LogP contribution in [0.15, 0.2) is 60.7 Å². The van der Waals surface area contributed by atoms with Gasteiger partial charge in [0.05, 0.1) is 6.04 Å². The van der Waals surface area contributed by atoms with Crippen molar-refractivity contribution >= 4 is 11.6 Å². The van der Waals surface area contributed by atoms with Gasteiger partial charge in [0.25, 0.3) is 5.91 Å². The first-order valence-corrected chi connectivity index (χ1v) is 7.26. The molecule has 0 spiro atoms. The highest BCUT2D eigenvalue weighted by Crippen LogP contribution is 2.41. The van der Waals surface area contributed by atoms with Gasteiger partial charge >= 0.3 is 0 Å². The number of para-hydroxylation sites is 1. The molecule has 4 nitrogen and oxygen atoms in total. The molecule has 1 N–H and O–H groups in total. The van der Waals surface area contributed by atoms with Gasteiger partial charge in [0.1, 0.15) is 0 Å². The topological polar surface area (TPSA) is 49.0 Å². The van der Waals surface area contributed by atoms with Gasteiger partial charge in [0, 0.05) is 16.9 Å². The molecule has 4 heteroatoms. The molecule has 2 aromatic carbocycles. The summed E-state index contributed by atoms with van der Waals surface area (Å²) in [5.41, 5.74) is 4.41. The van der Waals surface area contributed by atoms with Crippen LogP contribution in [0.25, 0.3) is 0 Å². The van der Waals surface area contributed by atoms with E-state index in [1.54, 1.807) is 0 Å². The SMILES string of the molecule is Cc1[nH]nc2c1[C@@H](c1ccccc1)N(c1ccccc1)C2=O. The third-order valence-electron chi connectivity index (χ3n) is 4.10. The number of aromatic nitrogens is 2. The van der Waals surface area contributed by atoms with Gasteiger partial charge in [0.2, 0.25) is 0 Å². The molecule has 1 atom stereocenters. The van der Waals surface area contributed by atoms with Crippen molar-refractivity contribution in [2.45, 2.75) is 13.0 Å². The maximum absolute atomic E-state index is 12.8. The number of benzene rings is 2. The molecule has 0 aliphatic carbocycles. The van der Waals surface area contributed by atoms with Crippen LogP contribution in [0.5, 0.6) is 0 Å². The minimum atomic E-state index is -0.134. The van der Waals surface area contributed by atoms with Crippen LogP contribution < -0.4 is 4.90 Å². The van der Waals surface area contributed by atoms with E-state index in [1.807, 2.05) is 60.4 Å². The minimum absolute atomic E-state index is 0.0561. The smallest absolute Gasteiger partial charge is 0.279 e. The summed E-state index contributed by atoms with van der Waals surface area (Å²) in [6.45, 7) is 1.96. The van der Waals surface area contributed by atoms with Crippen molar-refractivity contribution in [2.75, 3.05) is 4.90 Å². The fourth-order valence-electron chi connectivity index (χ4n) is 3.10. The van der Waals surface area contributed by atoms with Crippen molar-refractivity contribution in [2.24, 2.45) is 0 Å². The van der Waals surface area contributed by atoms with Crippen LogP contribution in [0.1, 0.15) is 33.4 Å². The van der Waals surface area contributed by atoms with Crippen molar-refractivity contribution in [3.8, 4) is 0 Å². The predicted molar refractivity (Wildman–Crippen MR) is 84.9 cm³/mol. The number of nitrogens with one attached hydrogen (secondary N) is 1. The normalized spacial score (nSPS) is 16.9. The second-order valence-corrected chi connectivity index (χ2v) is 5.43. The highest BCUT2D eigenvalue weighted by molar-refractivity contribution is 6.10. The van der Waals surface area contributed by atoms with Crippen LogP contribution in [-0.4, -0.2) is 16.1 Å². The second kappa shape index (κ2) is 4.84. The number of rotatable bonds is 2. The Bertz CT molecular complexity index is 824. The Kier molecular flexibility index (Phi) is 2.82. The molecule has 22 heavy (non-hydrogen) atoms. The molecule has 1 aliphatic rings. The number of aryl methyl sites for hydroxylation is 1. The summed E-state index contributed by atoms with van der Waals surface area (Å²) in [4.78, 5) is 14.7. The molecule has 2 heterocycles. The number of hydrogen-bond acceptors (Lipinski definition) is 2. The van der Waals surface area contributed by atoms with Gasteiger partial charge in [-0.1, -0.05) is 48.5 Å². The van der Waals surface area contributed by atoms with Gasteiger partial charge in [-0.15, -0.1) is 0 Å². The number of carbonyl (C=O) groups is 1. The molecule has 0 saturated heterocycles. The second-order valence-electron chi connectivity index (χ2n) is 5.43. The van der Waals surface area contributed by atoms with E-state index >= 15 is 0 Å². The molecular formula is C18H15N3O. The number of nitrogens with zero attached hydrogens (tertiary/aromatic N) is 2. The number of amides is 1. The number of aromatic amines is 1. The van der Waals surface area contributed by atoms with Gasteiger partial charge in [0.15, 0.2) is 5.69 Å². The predicted octanol–water partition coefficient (Wildman–Crippen LogP) is 3.47. The number of H-pyrrole nitrogens is 1. The van der Waals surface area contributed by atoms with E-state index in [9.17, 15) is 4.79 Å². The molecule has 0 fully saturated rings. The highest BCUT2D eigenvalue weighted by Gasteiger charge is 2.42. The number of anilines is 1. The van der Waals surface area contributed by atoms with Crippen molar-refractivity contribution in [1.29, 1.82) is 0 Å². The maximum atomic E-state index is 12.8. The maximum Gasteiger partial charge on any atom is 0.279 e. The first-order chi connectivity index (χ1) is 10.8. The summed E-state index contributed by atoms with van der Waals surface area (Å²) in [6, 6.07) is 19.7. The van der Waals surface area contributed by atoms with Crippen LogP contribution in [0.2, 0.25) is 0 Å². The molecule has 1 aliphatic heterocycles. The van der Waals surface area contributed by atoms with E-state index in [0.29, 0.717) is 5.69 Å². The Labute approximate surface area is 128 Å². The summed E-state index contributed by atoms with van der Waals surface area (Å²) < 4.78 is 0. The molecule has 108 valence electrons. The van der Waals surface area contributed by atoms with Crippen molar-refractivity contribution in [1.82, 2.24) is 10.2 Å². The largest absolute Gasteiger partial charge is 0.295 e. The van der Waals surface area contributed by atoms with E-state index in [1.165, 1.54) is 0 Å². The lowest BCUT2D eigenvalue weighted by Crippen LogP contribution is -2.29. The lowest BCUT2D eigenvalue weighted by molar-refractivity contribution is 0.0989. The minimum Gasteiger partial charge on any atom is -0.295 e. The van der Waals surface area contributed by atoms with Crippen LogP contribution >= 0.6 is 0 Å². The zero-order valence-electron chi connectivity index (χ0n) is 12.2. The third-order valence-corrected chi connectivity index (χ3v) is 4.10. The quantitative estimate of drug-likeness (QED) is 0.785.